The molecule has 0 aliphatic rings. The van der Waals surface area contributed by atoms with E-state index < -0.39 is 0 Å². The molecule has 2 rings (SSSR count). The first-order valence-electron chi connectivity index (χ1n) is 6.13. The van der Waals surface area contributed by atoms with Crippen LogP contribution in [0.1, 0.15) is 31.0 Å². The number of aryl methyl sites for hydroxylation is 1. The second kappa shape index (κ2) is 5.84. The molecule has 0 amide bonds. The van der Waals surface area contributed by atoms with E-state index in [4.69, 9.17) is 4.42 Å². The first-order chi connectivity index (χ1) is 8.76. The van der Waals surface area contributed by atoms with Crippen LogP contribution in [0, 0.1) is 0 Å². The normalized spacial score (nSPS) is 14.6. The Balaban J connectivity index is 2.27. The lowest BCUT2D eigenvalue weighted by Crippen LogP contribution is -2.36. The van der Waals surface area contributed by atoms with Crippen LogP contribution in [0.2, 0.25) is 0 Å². The summed E-state index contributed by atoms with van der Waals surface area (Å²) in [5.74, 6) is 1.67. The van der Waals surface area contributed by atoms with Crippen LogP contribution in [0.4, 0.5) is 0 Å². The number of hydrogen-bond acceptors (Lipinski definition) is 4. The Morgan fingerprint density at radius 3 is 2.89 bits per heavy atom. The van der Waals surface area contributed by atoms with Crippen LogP contribution in [0.25, 0.3) is 0 Å². The highest BCUT2D eigenvalue weighted by Gasteiger charge is 2.23. The minimum atomic E-state index is -0.142. The van der Waals surface area contributed by atoms with Crippen molar-refractivity contribution < 1.29 is 9.52 Å². The van der Waals surface area contributed by atoms with Crippen LogP contribution < -0.4 is 5.32 Å². The summed E-state index contributed by atoms with van der Waals surface area (Å²) in [5.41, 5.74) is 0. The van der Waals surface area contributed by atoms with Crippen LogP contribution in [-0.4, -0.2) is 27.3 Å². The Morgan fingerprint density at radius 1 is 1.56 bits per heavy atom. The molecule has 5 heteroatoms. The van der Waals surface area contributed by atoms with Gasteiger partial charge in [0.2, 0.25) is 0 Å². The number of aromatic nitrogens is 2. The molecular weight excluding hydrogens is 230 g/mol. The Kier molecular flexibility index (Phi) is 4.17. The topological polar surface area (TPSA) is 63.2 Å². The summed E-state index contributed by atoms with van der Waals surface area (Å²) in [5, 5.41) is 12.7. The lowest BCUT2D eigenvalue weighted by molar-refractivity contribution is 0.226. The molecule has 0 bridgehead atoms. The maximum Gasteiger partial charge on any atom is 0.133 e. The number of hydrogen-bond donors (Lipinski definition) is 2. The van der Waals surface area contributed by atoms with Gasteiger partial charge in [-0.05, 0) is 18.6 Å². The van der Waals surface area contributed by atoms with E-state index in [2.05, 4.69) is 10.3 Å². The van der Waals surface area contributed by atoms with Crippen LogP contribution >= 0.6 is 0 Å². The molecule has 2 atom stereocenters. The molecule has 0 aliphatic carbocycles. The Labute approximate surface area is 106 Å². The number of imidazole rings is 1. The maximum absolute atomic E-state index is 9.32. The Bertz CT molecular complexity index is 460. The summed E-state index contributed by atoms with van der Waals surface area (Å²) >= 11 is 0. The van der Waals surface area contributed by atoms with Crippen LogP contribution in [0.15, 0.2) is 35.2 Å². The number of rotatable bonds is 6. The molecule has 0 saturated carbocycles. The largest absolute Gasteiger partial charge is 0.467 e. The summed E-state index contributed by atoms with van der Waals surface area (Å²) in [7, 11) is 1.94. The second-order valence-electron chi connectivity index (χ2n) is 4.30. The highest BCUT2D eigenvalue weighted by molar-refractivity contribution is 5.16. The SMILES string of the molecule is CC[C@H](CO)NC(c1ccco1)c1nccn1C. The van der Waals surface area contributed by atoms with Crippen molar-refractivity contribution in [2.45, 2.75) is 25.4 Å². The van der Waals surface area contributed by atoms with Crippen molar-refractivity contribution in [2.24, 2.45) is 7.05 Å². The summed E-state index contributed by atoms with van der Waals surface area (Å²) in [6.45, 7) is 2.13. The molecule has 0 radical (unpaired) electrons. The number of aliphatic hydroxyl groups excluding tert-OH is 1. The van der Waals surface area contributed by atoms with Gasteiger partial charge in [0.25, 0.3) is 0 Å². The van der Waals surface area contributed by atoms with E-state index in [1.807, 2.05) is 36.9 Å². The number of nitrogens with zero attached hydrogens (tertiary/aromatic N) is 2. The molecule has 2 aromatic rings. The zero-order valence-corrected chi connectivity index (χ0v) is 10.7. The molecular formula is C13H19N3O2. The van der Waals surface area contributed by atoms with Gasteiger partial charge in [-0.25, -0.2) is 4.98 Å². The summed E-state index contributed by atoms with van der Waals surface area (Å²) in [4.78, 5) is 4.35. The summed E-state index contributed by atoms with van der Waals surface area (Å²) < 4.78 is 7.42. The second-order valence-corrected chi connectivity index (χ2v) is 4.30. The fourth-order valence-corrected chi connectivity index (χ4v) is 1.93. The van der Waals surface area contributed by atoms with Gasteiger partial charge in [0.1, 0.15) is 17.6 Å². The Morgan fingerprint density at radius 2 is 2.39 bits per heavy atom. The van der Waals surface area contributed by atoms with Gasteiger partial charge in [-0.3, -0.25) is 5.32 Å². The van der Waals surface area contributed by atoms with Gasteiger partial charge >= 0.3 is 0 Å². The van der Waals surface area contributed by atoms with Crippen LogP contribution in [0.5, 0.6) is 0 Å². The summed E-state index contributed by atoms with van der Waals surface area (Å²) in [6, 6.07) is 3.65. The lowest BCUT2D eigenvalue weighted by atomic mass is 10.1. The highest BCUT2D eigenvalue weighted by Crippen LogP contribution is 2.21. The van der Waals surface area contributed by atoms with E-state index in [0.717, 1.165) is 18.0 Å². The zero-order chi connectivity index (χ0) is 13.0. The molecule has 2 N–H and O–H groups in total. The van der Waals surface area contributed by atoms with E-state index in [1.165, 1.54) is 0 Å². The quantitative estimate of drug-likeness (QED) is 0.813. The number of nitrogens with one attached hydrogen (secondary N) is 1. The third-order valence-electron chi connectivity index (χ3n) is 3.06. The summed E-state index contributed by atoms with van der Waals surface area (Å²) in [6.07, 6.45) is 6.14. The molecule has 2 aromatic heterocycles. The third kappa shape index (κ3) is 2.63. The van der Waals surface area contributed by atoms with Gasteiger partial charge in [-0.1, -0.05) is 6.92 Å². The average Bonchev–Trinajstić information content (AvgIpc) is 3.03. The molecule has 98 valence electrons. The molecule has 5 nitrogen and oxygen atoms in total. The van der Waals surface area contributed by atoms with Crippen molar-refractivity contribution >= 4 is 0 Å². The monoisotopic (exact) mass is 249 g/mol. The minimum Gasteiger partial charge on any atom is -0.467 e. The van der Waals surface area contributed by atoms with Crippen LogP contribution in [-0.2, 0) is 7.05 Å². The van der Waals surface area contributed by atoms with Gasteiger partial charge in [-0.15, -0.1) is 0 Å². The van der Waals surface area contributed by atoms with Gasteiger partial charge in [0.15, 0.2) is 0 Å². The maximum atomic E-state index is 9.32. The van der Waals surface area contributed by atoms with Gasteiger partial charge in [0.05, 0.1) is 12.9 Å². The Hall–Kier alpha value is -1.59. The van der Waals surface area contributed by atoms with E-state index in [0.29, 0.717) is 0 Å². The molecule has 2 heterocycles. The van der Waals surface area contributed by atoms with Crippen molar-refractivity contribution in [2.75, 3.05) is 6.61 Å². The lowest BCUT2D eigenvalue weighted by Gasteiger charge is -2.22. The number of furan rings is 1. The van der Waals surface area contributed by atoms with E-state index >= 15 is 0 Å². The molecule has 0 saturated heterocycles. The smallest absolute Gasteiger partial charge is 0.133 e. The molecule has 0 aliphatic heterocycles. The number of aliphatic hydroxyl groups is 1. The molecule has 0 fully saturated rings. The highest BCUT2D eigenvalue weighted by atomic mass is 16.3. The van der Waals surface area contributed by atoms with Gasteiger partial charge in [0, 0.05) is 25.5 Å². The molecule has 1 unspecified atom stereocenters. The van der Waals surface area contributed by atoms with Gasteiger partial charge in [-0.2, -0.15) is 0 Å². The molecule has 0 aromatic carbocycles. The predicted octanol–water partition coefficient (Wildman–Crippen LogP) is 1.46. The van der Waals surface area contributed by atoms with Gasteiger partial charge < -0.3 is 14.1 Å². The van der Waals surface area contributed by atoms with Crippen molar-refractivity contribution in [3.63, 3.8) is 0 Å². The fourth-order valence-electron chi connectivity index (χ4n) is 1.93. The third-order valence-corrected chi connectivity index (χ3v) is 3.06. The van der Waals surface area contributed by atoms with E-state index in [9.17, 15) is 5.11 Å². The van der Waals surface area contributed by atoms with Crippen molar-refractivity contribution in [1.82, 2.24) is 14.9 Å². The minimum absolute atomic E-state index is 0.0248. The van der Waals surface area contributed by atoms with Crippen molar-refractivity contribution in [3.8, 4) is 0 Å². The molecule has 0 spiro atoms. The van der Waals surface area contributed by atoms with E-state index in [1.54, 1.807) is 12.5 Å². The first-order valence-corrected chi connectivity index (χ1v) is 6.13. The van der Waals surface area contributed by atoms with Crippen molar-refractivity contribution in [3.05, 3.63) is 42.4 Å². The predicted molar refractivity (Wildman–Crippen MR) is 68.1 cm³/mol. The first kappa shape index (κ1) is 12.9. The van der Waals surface area contributed by atoms with E-state index in [-0.39, 0.29) is 18.7 Å². The zero-order valence-electron chi connectivity index (χ0n) is 10.7. The average molecular weight is 249 g/mol. The molecule has 18 heavy (non-hydrogen) atoms. The van der Waals surface area contributed by atoms with Crippen molar-refractivity contribution in [1.29, 1.82) is 0 Å². The fraction of sp³-hybridized carbons (Fsp3) is 0.462. The standard InChI is InChI=1S/C13H19N3O2/c1-3-10(9-17)15-12(11-5-4-8-18-11)13-14-6-7-16(13)2/h4-8,10,12,15,17H,3,9H2,1-2H3/t10-,12?/m1/s1. The van der Waals surface area contributed by atoms with Crippen LogP contribution in [0.3, 0.4) is 0 Å².